The highest BCUT2D eigenvalue weighted by Crippen LogP contribution is 2.67. The first-order chi connectivity index (χ1) is 9.55. The van der Waals surface area contributed by atoms with Crippen molar-refractivity contribution in [2.45, 2.75) is 39.1 Å². The summed E-state index contributed by atoms with van der Waals surface area (Å²) in [5.41, 5.74) is 5.68. The summed E-state index contributed by atoms with van der Waals surface area (Å²) in [4.78, 5) is -0.0683. The first-order valence-electron chi connectivity index (χ1n) is 7.03. The second kappa shape index (κ2) is 5.04. The van der Waals surface area contributed by atoms with Crippen molar-refractivity contribution in [3.05, 3.63) is 29.6 Å². The lowest BCUT2D eigenvalue weighted by atomic mass is 10.0. The van der Waals surface area contributed by atoms with E-state index in [0.717, 1.165) is 0 Å². The lowest BCUT2D eigenvalue weighted by molar-refractivity contribution is 0.457. The summed E-state index contributed by atoms with van der Waals surface area (Å²) in [5.74, 6) is -0.331. The van der Waals surface area contributed by atoms with E-state index in [1.165, 1.54) is 18.2 Å². The van der Waals surface area contributed by atoms with Crippen LogP contribution in [0.3, 0.4) is 0 Å². The van der Waals surface area contributed by atoms with Crippen molar-refractivity contribution in [1.29, 1.82) is 0 Å². The van der Waals surface area contributed by atoms with Gasteiger partial charge in [-0.25, -0.2) is 17.5 Å². The molecule has 3 N–H and O–H groups in total. The van der Waals surface area contributed by atoms with Crippen LogP contribution in [-0.2, 0) is 16.6 Å². The maximum absolute atomic E-state index is 13.7. The van der Waals surface area contributed by atoms with Crippen molar-refractivity contribution in [3.63, 3.8) is 0 Å². The van der Waals surface area contributed by atoms with E-state index < -0.39 is 15.8 Å². The Balaban J connectivity index is 2.20. The van der Waals surface area contributed by atoms with Crippen LogP contribution in [0.4, 0.5) is 4.39 Å². The van der Waals surface area contributed by atoms with Gasteiger partial charge in [0, 0.05) is 18.7 Å². The van der Waals surface area contributed by atoms with Crippen molar-refractivity contribution in [3.8, 4) is 0 Å². The third-order valence-corrected chi connectivity index (χ3v) is 6.87. The van der Waals surface area contributed by atoms with Crippen LogP contribution < -0.4 is 10.5 Å². The molecule has 1 aliphatic carbocycles. The number of benzene rings is 1. The quantitative estimate of drug-likeness (QED) is 0.875. The molecule has 1 fully saturated rings. The van der Waals surface area contributed by atoms with Crippen LogP contribution in [0.15, 0.2) is 23.1 Å². The van der Waals surface area contributed by atoms with E-state index in [1.807, 2.05) is 0 Å². The molecule has 1 saturated carbocycles. The van der Waals surface area contributed by atoms with Crippen molar-refractivity contribution in [2.24, 2.45) is 22.5 Å². The van der Waals surface area contributed by atoms with Crippen molar-refractivity contribution in [1.82, 2.24) is 4.72 Å². The normalized spacial score (nSPS) is 20.5. The molecule has 0 radical (unpaired) electrons. The predicted molar refractivity (Wildman–Crippen MR) is 80.5 cm³/mol. The Morgan fingerprint density at radius 1 is 1.24 bits per heavy atom. The van der Waals surface area contributed by atoms with Gasteiger partial charge in [-0.15, -0.1) is 0 Å². The molecule has 0 bridgehead atoms. The van der Waals surface area contributed by atoms with Gasteiger partial charge in [0.15, 0.2) is 0 Å². The van der Waals surface area contributed by atoms with Gasteiger partial charge in [-0.05, 0) is 28.9 Å². The molecule has 21 heavy (non-hydrogen) atoms. The fraction of sp³-hybridized carbons (Fsp3) is 0.600. The molecule has 0 amide bonds. The minimum atomic E-state index is -3.75. The van der Waals surface area contributed by atoms with Gasteiger partial charge in [0.05, 0.1) is 4.90 Å². The van der Waals surface area contributed by atoms with Crippen molar-refractivity contribution in [2.75, 3.05) is 6.54 Å². The summed E-state index contributed by atoms with van der Waals surface area (Å²) in [6, 6.07) is 3.99. The van der Waals surface area contributed by atoms with Gasteiger partial charge < -0.3 is 5.73 Å². The number of nitrogens with two attached hydrogens (primary N) is 1. The summed E-state index contributed by atoms with van der Waals surface area (Å²) in [6.45, 7) is 8.70. The van der Waals surface area contributed by atoms with Gasteiger partial charge >= 0.3 is 0 Å². The molecule has 1 aromatic rings. The topological polar surface area (TPSA) is 72.2 Å². The third-order valence-electron chi connectivity index (χ3n) is 5.37. The zero-order valence-electron chi connectivity index (χ0n) is 12.9. The van der Waals surface area contributed by atoms with Crippen LogP contribution >= 0.6 is 0 Å². The fourth-order valence-electron chi connectivity index (χ4n) is 3.10. The van der Waals surface area contributed by atoms with E-state index >= 15 is 0 Å². The number of rotatable bonds is 5. The Bertz CT molecular complexity index is 640. The highest BCUT2D eigenvalue weighted by Gasteiger charge is 2.64. The zero-order chi connectivity index (χ0) is 16.1. The summed E-state index contributed by atoms with van der Waals surface area (Å²) in [7, 11) is -3.75. The van der Waals surface area contributed by atoms with Crippen LogP contribution in [0.1, 0.15) is 33.3 Å². The van der Waals surface area contributed by atoms with Crippen molar-refractivity contribution >= 4 is 10.0 Å². The van der Waals surface area contributed by atoms with E-state index in [-0.39, 0.29) is 33.8 Å². The van der Waals surface area contributed by atoms with Crippen LogP contribution in [0.5, 0.6) is 0 Å². The average molecular weight is 314 g/mol. The second-order valence-electron chi connectivity index (χ2n) is 6.77. The number of hydrogen-bond acceptors (Lipinski definition) is 3. The molecule has 0 aromatic heterocycles. The highest BCUT2D eigenvalue weighted by molar-refractivity contribution is 7.89. The van der Waals surface area contributed by atoms with E-state index in [1.54, 1.807) is 0 Å². The van der Waals surface area contributed by atoms with E-state index in [9.17, 15) is 12.8 Å². The Hall–Kier alpha value is -0.980. The molecule has 118 valence electrons. The molecule has 0 heterocycles. The molecule has 1 aliphatic rings. The summed E-state index contributed by atoms with van der Waals surface area (Å²) < 4.78 is 41.0. The Morgan fingerprint density at radius 2 is 1.81 bits per heavy atom. The van der Waals surface area contributed by atoms with Crippen LogP contribution in [0, 0.1) is 22.6 Å². The van der Waals surface area contributed by atoms with E-state index in [2.05, 4.69) is 32.4 Å². The lowest BCUT2D eigenvalue weighted by Gasteiger charge is -2.11. The smallest absolute Gasteiger partial charge is 0.241 e. The van der Waals surface area contributed by atoms with Gasteiger partial charge in [0.2, 0.25) is 10.0 Å². The lowest BCUT2D eigenvalue weighted by Crippen LogP contribution is -2.28. The summed E-state index contributed by atoms with van der Waals surface area (Å²) in [6.07, 6.45) is 0. The number of hydrogen-bond donors (Lipinski definition) is 2. The van der Waals surface area contributed by atoms with Crippen molar-refractivity contribution < 1.29 is 12.8 Å². The maximum Gasteiger partial charge on any atom is 0.241 e. The molecule has 0 unspecified atom stereocenters. The minimum absolute atomic E-state index is 0.0271. The van der Waals surface area contributed by atoms with Crippen LogP contribution in [0.25, 0.3) is 0 Å². The number of sulfonamides is 1. The van der Waals surface area contributed by atoms with Gasteiger partial charge in [0.1, 0.15) is 5.82 Å². The van der Waals surface area contributed by atoms with E-state index in [4.69, 9.17) is 5.73 Å². The SMILES string of the molecule is CC1(C)C(CNS(=O)(=O)c2cccc(F)c2CN)C1(C)C. The molecule has 0 aliphatic heterocycles. The van der Waals surface area contributed by atoms with Gasteiger partial charge in [0.25, 0.3) is 0 Å². The van der Waals surface area contributed by atoms with Gasteiger partial charge in [-0.2, -0.15) is 0 Å². The molecule has 6 heteroatoms. The Kier molecular flexibility index (Phi) is 3.93. The first kappa shape index (κ1) is 16.4. The second-order valence-corrected chi connectivity index (χ2v) is 8.50. The van der Waals surface area contributed by atoms with Crippen LogP contribution in [0.2, 0.25) is 0 Å². The van der Waals surface area contributed by atoms with Gasteiger partial charge in [-0.3, -0.25) is 0 Å². The summed E-state index contributed by atoms with van der Waals surface area (Å²) in [5, 5.41) is 0. The van der Waals surface area contributed by atoms with Gasteiger partial charge in [-0.1, -0.05) is 33.8 Å². The molecule has 0 spiro atoms. The number of halogens is 1. The molecule has 0 atom stereocenters. The molecular weight excluding hydrogens is 291 g/mol. The summed E-state index contributed by atoms with van der Waals surface area (Å²) >= 11 is 0. The predicted octanol–water partition coefficient (Wildman–Crippen LogP) is 2.24. The minimum Gasteiger partial charge on any atom is -0.326 e. The third kappa shape index (κ3) is 2.60. The van der Waals surface area contributed by atoms with Crippen LogP contribution in [-0.4, -0.2) is 15.0 Å². The molecule has 0 saturated heterocycles. The standard InChI is InChI=1S/C15H23FN2O2S/c1-14(2)13(15(14,3)4)9-18-21(19,20)12-7-5-6-11(16)10(12)8-17/h5-7,13,18H,8-9,17H2,1-4H3. The zero-order valence-corrected chi connectivity index (χ0v) is 13.7. The monoisotopic (exact) mass is 314 g/mol. The Morgan fingerprint density at radius 3 is 2.29 bits per heavy atom. The Labute approximate surface area is 126 Å². The number of nitrogens with one attached hydrogen (secondary N) is 1. The molecule has 4 nitrogen and oxygen atoms in total. The first-order valence-corrected chi connectivity index (χ1v) is 8.51. The molecule has 1 aromatic carbocycles. The maximum atomic E-state index is 13.7. The molecular formula is C15H23FN2O2S. The largest absolute Gasteiger partial charge is 0.326 e. The highest BCUT2D eigenvalue weighted by atomic mass is 32.2. The molecule has 2 rings (SSSR count). The average Bonchev–Trinajstić information content (AvgIpc) is 2.76. The van der Waals surface area contributed by atoms with E-state index in [0.29, 0.717) is 6.54 Å². The fourth-order valence-corrected chi connectivity index (χ4v) is 4.41.